The maximum Gasteiger partial charge on any atom is 0.138 e. The summed E-state index contributed by atoms with van der Waals surface area (Å²) >= 11 is 6.11. The van der Waals surface area contributed by atoms with E-state index in [9.17, 15) is 0 Å². The van der Waals surface area contributed by atoms with E-state index >= 15 is 0 Å². The number of halogens is 1. The quantitative estimate of drug-likeness (QED) is 0.768. The van der Waals surface area contributed by atoms with Gasteiger partial charge in [0.25, 0.3) is 0 Å². The van der Waals surface area contributed by atoms with Crippen molar-refractivity contribution in [2.75, 3.05) is 0 Å². The highest BCUT2D eigenvalue weighted by molar-refractivity contribution is 6.32. The average Bonchev–Trinajstić information content (AvgIpc) is 2.40. The van der Waals surface area contributed by atoms with Crippen LogP contribution >= 0.6 is 11.6 Å². The molecule has 0 aliphatic carbocycles. The van der Waals surface area contributed by atoms with Crippen LogP contribution in [0.3, 0.4) is 0 Å². The Morgan fingerprint density at radius 2 is 1.78 bits per heavy atom. The zero-order valence-electron chi connectivity index (χ0n) is 10.7. The predicted octanol–water partition coefficient (Wildman–Crippen LogP) is 4.79. The van der Waals surface area contributed by atoms with Gasteiger partial charge in [0.05, 0.1) is 5.02 Å². The highest BCUT2D eigenvalue weighted by Gasteiger charge is 2.04. The van der Waals surface area contributed by atoms with Crippen molar-refractivity contribution >= 4 is 11.6 Å². The Morgan fingerprint density at radius 3 is 2.50 bits per heavy atom. The summed E-state index contributed by atoms with van der Waals surface area (Å²) in [6.07, 6.45) is 1.01. The largest absolute Gasteiger partial charge is 0.487 e. The van der Waals surface area contributed by atoms with E-state index in [1.165, 1.54) is 11.1 Å². The lowest BCUT2D eigenvalue weighted by Gasteiger charge is -2.11. The fourth-order valence-electron chi connectivity index (χ4n) is 1.92. The second-order valence-corrected chi connectivity index (χ2v) is 4.75. The van der Waals surface area contributed by atoms with E-state index < -0.39 is 0 Å². The smallest absolute Gasteiger partial charge is 0.138 e. The van der Waals surface area contributed by atoms with Crippen molar-refractivity contribution in [2.24, 2.45) is 0 Å². The van der Waals surface area contributed by atoms with Gasteiger partial charge in [0.15, 0.2) is 0 Å². The molecular formula is C16H17ClO. The molecule has 0 aromatic heterocycles. The standard InChI is InChI=1S/C16H17ClO/c1-3-13-6-4-5-7-14(13)11-18-16-10-12(2)8-9-15(16)17/h4-10H,3,11H2,1-2H3. The molecule has 2 aromatic rings. The molecule has 0 atom stereocenters. The van der Waals surface area contributed by atoms with Crippen LogP contribution in [-0.2, 0) is 13.0 Å². The molecule has 0 saturated heterocycles. The third-order valence-corrected chi connectivity index (χ3v) is 3.28. The number of benzene rings is 2. The van der Waals surface area contributed by atoms with Crippen molar-refractivity contribution in [3.8, 4) is 5.75 Å². The van der Waals surface area contributed by atoms with Crippen molar-refractivity contribution in [3.05, 3.63) is 64.2 Å². The molecule has 0 radical (unpaired) electrons. The van der Waals surface area contributed by atoms with Crippen LogP contribution in [0.1, 0.15) is 23.6 Å². The first-order valence-corrected chi connectivity index (χ1v) is 6.54. The van der Waals surface area contributed by atoms with Gasteiger partial charge in [-0.05, 0) is 42.2 Å². The molecule has 0 bridgehead atoms. The van der Waals surface area contributed by atoms with Crippen LogP contribution in [-0.4, -0.2) is 0 Å². The van der Waals surface area contributed by atoms with Crippen LogP contribution in [0.15, 0.2) is 42.5 Å². The summed E-state index contributed by atoms with van der Waals surface area (Å²) < 4.78 is 5.81. The number of rotatable bonds is 4. The van der Waals surface area contributed by atoms with Crippen LogP contribution in [0.25, 0.3) is 0 Å². The lowest BCUT2D eigenvalue weighted by molar-refractivity contribution is 0.305. The normalized spacial score (nSPS) is 10.4. The molecule has 0 heterocycles. The van der Waals surface area contributed by atoms with E-state index in [0.717, 1.165) is 17.7 Å². The van der Waals surface area contributed by atoms with E-state index in [4.69, 9.17) is 16.3 Å². The third kappa shape index (κ3) is 3.05. The van der Waals surface area contributed by atoms with E-state index in [1.807, 2.05) is 31.2 Å². The fraction of sp³-hybridized carbons (Fsp3) is 0.250. The molecule has 18 heavy (non-hydrogen) atoms. The minimum atomic E-state index is 0.563. The minimum Gasteiger partial charge on any atom is -0.487 e. The summed E-state index contributed by atoms with van der Waals surface area (Å²) in [7, 11) is 0. The molecule has 0 amide bonds. The van der Waals surface area contributed by atoms with Gasteiger partial charge in [-0.1, -0.05) is 48.9 Å². The molecule has 1 nitrogen and oxygen atoms in total. The summed E-state index contributed by atoms with van der Waals surface area (Å²) in [6, 6.07) is 14.2. The molecular weight excluding hydrogens is 244 g/mol. The molecule has 2 rings (SSSR count). The summed E-state index contributed by atoms with van der Waals surface area (Å²) in [5, 5.41) is 0.662. The fourth-order valence-corrected chi connectivity index (χ4v) is 2.09. The summed E-state index contributed by atoms with van der Waals surface area (Å²) in [4.78, 5) is 0. The first-order chi connectivity index (χ1) is 8.70. The predicted molar refractivity (Wildman–Crippen MR) is 76.3 cm³/mol. The highest BCUT2D eigenvalue weighted by Crippen LogP contribution is 2.26. The molecule has 0 N–H and O–H groups in total. The molecule has 2 aromatic carbocycles. The van der Waals surface area contributed by atoms with Gasteiger partial charge in [-0.15, -0.1) is 0 Å². The van der Waals surface area contributed by atoms with Gasteiger partial charge >= 0.3 is 0 Å². The number of hydrogen-bond donors (Lipinski definition) is 0. The monoisotopic (exact) mass is 260 g/mol. The Labute approximate surface area is 113 Å². The topological polar surface area (TPSA) is 9.23 Å². The maximum absolute atomic E-state index is 6.11. The summed E-state index contributed by atoms with van der Waals surface area (Å²) in [5.74, 6) is 0.752. The van der Waals surface area contributed by atoms with Crippen molar-refractivity contribution < 1.29 is 4.74 Å². The average molecular weight is 261 g/mol. The van der Waals surface area contributed by atoms with E-state index in [2.05, 4.69) is 25.1 Å². The summed E-state index contributed by atoms with van der Waals surface area (Å²) in [5.41, 5.74) is 3.69. The van der Waals surface area contributed by atoms with Gasteiger partial charge in [-0.2, -0.15) is 0 Å². The summed E-state index contributed by atoms with van der Waals surface area (Å²) in [6.45, 7) is 4.74. The van der Waals surface area contributed by atoms with Crippen LogP contribution in [0.2, 0.25) is 5.02 Å². The van der Waals surface area contributed by atoms with Gasteiger partial charge in [-0.3, -0.25) is 0 Å². The van der Waals surface area contributed by atoms with E-state index in [-0.39, 0.29) is 0 Å². The Balaban J connectivity index is 2.14. The minimum absolute atomic E-state index is 0.563. The van der Waals surface area contributed by atoms with E-state index in [0.29, 0.717) is 11.6 Å². The molecule has 2 heteroatoms. The van der Waals surface area contributed by atoms with Crippen molar-refractivity contribution in [1.29, 1.82) is 0 Å². The van der Waals surface area contributed by atoms with Crippen LogP contribution in [0, 0.1) is 6.92 Å². The van der Waals surface area contributed by atoms with Gasteiger partial charge < -0.3 is 4.74 Å². The van der Waals surface area contributed by atoms with Crippen molar-refractivity contribution in [2.45, 2.75) is 26.9 Å². The zero-order valence-corrected chi connectivity index (χ0v) is 11.5. The second kappa shape index (κ2) is 5.92. The Kier molecular flexibility index (Phi) is 4.27. The van der Waals surface area contributed by atoms with Gasteiger partial charge in [0.1, 0.15) is 12.4 Å². The third-order valence-electron chi connectivity index (χ3n) is 2.97. The first-order valence-electron chi connectivity index (χ1n) is 6.16. The Morgan fingerprint density at radius 1 is 1.06 bits per heavy atom. The molecule has 0 spiro atoms. The lowest BCUT2D eigenvalue weighted by atomic mass is 10.1. The Hall–Kier alpha value is -1.47. The molecule has 0 fully saturated rings. The molecule has 94 valence electrons. The molecule has 0 saturated carbocycles. The van der Waals surface area contributed by atoms with E-state index in [1.54, 1.807) is 0 Å². The van der Waals surface area contributed by atoms with Crippen molar-refractivity contribution in [3.63, 3.8) is 0 Å². The van der Waals surface area contributed by atoms with Crippen LogP contribution in [0.4, 0.5) is 0 Å². The van der Waals surface area contributed by atoms with Gasteiger partial charge in [-0.25, -0.2) is 0 Å². The van der Waals surface area contributed by atoms with Crippen LogP contribution in [0.5, 0.6) is 5.75 Å². The molecule has 0 aliphatic heterocycles. The van der Waals surface area contributed by atoms with Gasteiger partial charge in [0.2, 0.25) is 0 Å². The van der Waals surface area contributed by atoms with Crippen molar-refractivity contribution in [1.82, 2.24) is 0 Å². The number of aryl methyl sites for hydroxylation is 2. The Bertz CT molecular complexity index is 534. The first kappa shape index (κ1) is 13.0. The SMILES string of the molecule is CCc1ccccc1COc1cc(C)ccc1Cl. The highest BCUT2D eigenvalue weighted by atomic mass is 35.5. The number of ether oxygens (including phenoxy) is 1. The number of hydrogen-bond acceptors (Lipinski definition) is 1. The van der Waals surface area contributed by atoms with Gasteiger partial charge in [0, 0.05) is 0 Å². The maximum atomic E-state index is 6.11. The second-order valence-electron chi connectivity index (χ2n) is 4.34. The zero-order chi connectivity index (χ0) is 13.0. The molecule has 0 aliphatic rings. The van der Waals surface area contributed by atoms with Crippen LogP contribution < -0.4 is 4.74 Å². The molecule has 0 unspecified atom stereocenters. The lowest BCUT2D eigenvalue weighted by Crippen LogP contribution is -2.00.